The fourth-order valence-corrected chi connectivity index (χ4v) is 1.73. The Labute approximate surface area is 118 Å². The van der Waals surface area contributed by atoms with E-state index in [2.05, 4.69) is 11.9 Å². The molecule has 100 valence electrons. The third-order valence-electron chi connectivity index (χ3n) is 2.88. The summed E-state index contributed by atoms with van der Waals surface area (Å²) >= 11 is 0. The fraction of sp³-hybridized carbons (Fsp3) is 0.0588. The molecular weight excluding hydrogens is 248 g/mol. The molecule has 3 nitrogen and oxygen atoms in total. The van der Waals surface area contributed by atoms with Crippen LogP contribution in [0.15, 0.2) is 66.7 Å². The van der Waals surface area contributed by atoms with Crippen LogP contribution < -0.4 is 5.32 Å². The van der Waals surface area contributed by atoms with Crippen LogP contribution in [0, 0.1) is 5.41 Å². The van der Waals surface area contributed by atoms with Gasteiger partial charge in [-0.1, -0.05) is 49.0 Å². The normalized spacial score (nSPS) is 9.85. The van der Waals surface area contributed by atoms with Crippen molar-refractivity contribution in [2.45, 2.75) is 6.92 Å². The third kappa shape index (κ3) is 3.20. The van der Waals surface area contributed by atoms with Crippen molar-refractivity contribution in [3.8, 4) is 0 Å². The van der Waals surface area contributed by atoms with Gasteiger partial charge in [0.25, 0.3) is 5.91 Å². The Morgan fingerprint density at radius 2 is 1.55 bits per heavy atom. The van der Waals surface area contributed by atoms with Crippen molar-refractivity contribution in [3.63, 3.8) is 0 Å². The van der Waals surface area contributed by atoms with E-state index in [0.29, 0.717) is 17.0 Å². The van der Waals surface area contributed by atoms with E-state index >= 15 is 0 Å². The Morgan fingerprint density at radius 3 is 2.10 bits per heavy atom. The van der Waals surface area contributed by atoms with Crippen LogP contribution in [-0.4, -0.2) is 11.6 Å². The van der Waals surface area contributed by atoms with Crippen molar-refractivity contribution in [1.29, 1.82) is 5.41 Å². The largest absolute Gasteiger partial charge is 0.322 e. The van der Waals surface area contributed by atoms with Crippen molar-refractivity contribution >= 4 is 17.3 Å². The smallest absolute Gasteiger partial charge is 0.250 e. The standard InChI is InChI=1S/C17H16N2O/c1-12(2)17(20)19-15-10-8-14(9-11-15)16(18)13-6-4-3-5-7-13/h3-11,18H,1H2,2H3,(H,19,20). The highest BCUT2D eigenvalue weighted by Crippen LogP contribution is 2.14. The molecule has 0 radical (unpaired) electrons. The first-order valence-electron chi connectivity index (χ1n) is 6.29. The summed E-state index contributed by atoms with van der Waals surface area (Å²) in [6, 6.07) is 16.8. The Bertz CT molecular complexity index is 642. The van der Waals surface area contributed by atoms with Gasteiger partial charge < -0.3 is 5.32 Å². The minimum absolute atomic E-state index is 0.198. The van der Waals surface area contributed by atoms with Gasteiger partial charge in [-0.15, -0.1) is 0 Å². The van der Waals surface area contributed by atoms with Crippen LogP contribution >= 0.6 is 0 Å². The highest BCUT2D eigenvalue weighted by molar-refractivity contribution is 6.11. The minimum Gasteiger partial charge on any atom is -0.322 e. The first-order valence-corrected chi connectivity index (χ1v) is 6.29. The quantitative estimate of drug-likeness (QED) is 0.643. The number of anilines is 1. The fourth-order valence-electron chi connectivity index (χ4n) is 1.73. The maximum atomic E-state index is 11.5. The van der Waals surface area contributed by atoms with Crippen LogP contribution in [0.4, 0.5) is 5.69 Å². The number of hydrogen-bond donors (Lipinski definition) is 2. The number of amides is 1. The molecule has 0 aliphatic rings. The van der Waals surface area contributed by atoms with Crippen LogP contribution in [-0.2, 0) is 4.79 Å². The van der Waals surface area contributed by atoms with E-state index in [0.717, 1.165) is 11.1 Å². The maximum absolute atomic E-state index is 11.5. The van der Waals surface area contributed by atoms with E-state index in [-0.39, 0.29) is 5.91 Å². The SMILES string of the molecule is C=C(C)C(=O)Nc1ccc(C(=N)c2ccccc2)cc1. The molecule has 20 heavy (non-hydrogen) atoms. The predicted molar refractivity (Wildman–Crippen MR) is 82.3 cm³/mol. The lowest BCUT2D eigenvalue weighted by molar-refractivity contribution is -0.112. The zero-order valence-electron chi connectivity index (χ0n) is 11.3. The third-order valence-corrected chi connectivity index (χ3v) is 2.88. The summed E-state index contributed by atoms with van der Waals surface area (Å²) in [4.78, 5) is 11.5. The first-order chi connectivity index (χ1) is 9.58. The number of carbonyl (C=O) groups excluding carboxylic acids is 1. The zero-order valence-corrected chi connectivity index (χ0v) is 11.3. The van der Waals surface area contributed by atoms with Crippen molar-refractivity contribution in [2.75, 3.05) is 5.32 Å². The minimum atomic E-state index is -0.198. The zero-order chi connectivity index (χ0) is 14.5. The topological polar surface area (TPSA) is 53.0 Å². The molecule has 2 aromatic rings. The first kappa shape index (κ1) is 13.7. The average Bonchev–Trinajstić information content (AvgIpc) is 2.48. The molecule has 0 heterocycles. The lowest BCUT2D eigenvalue weighted by Crippen LogP contribution is -2.11. The van der Waals surface area contributed by atoms with Gasteiger partial charge in [-0.05, 0) is 24.6 Å². The molecule has 0 saturated heterocycles. The molecule has 2 N–H and O–H groups in total. The van der Waals surface area contributed by atoms with E-state index in [1.165, 1.54) is 0 Å². The lowest BCUT2D eigenvalue weighted by atomic mass is 10.0. The molecule has 2 rings (SSSR count). The molecule has 0 aliphatic heterocycles. The average molecular weight is 264 g/mol. The number of rotatable bonds is 4. The van der Waals surface area contributed by atoms with Crippen molar-refractivity contribution in [1.82, 2.24) is 0 Å². The van der Waals surface area contributed by atoms with E-state index in [1.807, 2.05) is 42.5 Å². The molecule has 0 unspecified atom stereocenters. The molecule has 0 fully saturated rings. The molecule has 0 saturated carbocycles. The van der Waals surface area contributed by atoms with Gasteiger partial charge in [0.2, 0.25) is 0 Å². The van der Waals surface area contributed by atoms with Gasteiger partial charge in [-0.3, -0.25) is 10.2 Å². The molecule has 1 amide bonds. The second kappa shape index (κ2) is 5.97. The van der Waals surface area contributed by atoms with E-state index in [1.54, 1.807) is 19.1 Å². The number of carbonyl (C=O) groups is 1. The van der Waals surface area contributed by atoms with Crippen LogP contribution in [0.2, 0.25) is 0 Å². The number of nitrogens with one attached hydrogen (secondary N) is 2. The second-order valence-corrected chi connectivity index (χ2v) is 4.55. The summed E-state index contributed by atoms with van der Waals surface area (Å²) in [6.07, 6.45) is 0. The Morgan fingerprint density at radius 1 is 1.00 bits per heavy atom. The Kier molecular flexibility index (Phi) is 4.11. The lowest BCUT2D eigenvalue weighted by Gasteiger charge is -2.07. The van der Waals surface area contributed by atoms with Gasteiger partial charge in [0.1, 0.15) is 0 Å². The van der Waals surface area contributed by atoms with Crippen molar-refractivity contribution < 1.29 is 4.79 Å². The van der Waals surface area contributed by atoms with Gasteiger partial charge in [0.05, 0.1) is 5.71 Å². The van der Waals surface area contributed by atoms with Gasteiger partial charge >= 0.3 is 0 Å². The van der Waals surface area contributed by atoms with E-state index in [9.17, 15) is 4.79 Å². The van der Waals surface area contributed by atoms with Crippen LogP contribution in [0.3, 0.4) is 0 Å². The molecule has 0 atom stereocenters. The Hall–Kier alpha value is -2.68. The molecule has 0 aromatic heterocycles. The number of benzene rings is 2. The summed E-state index contributed by atoms with van der Waals surface area (Å²) in [7, 11) is 0. The Balaban J connectivity index is 2.14. The van der Waals surface area contributed by atoms with Crippen molar-refractivity contribution in [2.24, 2.45) is 0 Å². The molecule has 0 aliphatic carbocycles. The highest BCUT2D eigenvalue weighted by atomic mass is 16.1. The number of hydrogen-bond acceptors (Lipinski definition) is 2. The molecular formula is C17H16N2O. The van der Waals surface area contributed by atoms with E-state index < -0.39 is 0 Å². The monoisotopic (exact) mass is 264 g/mol. The second-order valence-electron chi connectivity index (χ2n) is 4.55. The summed E-state index contributed by atoms with van der Waals surface area (Å²) in [5, 5.41) is 10.9. The van der Waals surface area contributed by atoms with Gasteiger partial charge in [-0.2, -0.15) is 0 Å². The van der Waals surface area contributed by atoms with Crippen LogP contribution in [0.1, 0.15) is 18.1 Å². The summed E-state index contributed by atoms with van der Waals surface area (Å²) in [5.74, 6) is -0.198. The van der Waals surface area contributed by atoms with Crippen molar-refractivity contribution in [3.05, 3.63) is 77.9 Å². The maximum Gasteiger partial charge on any atom is 0.250 e. The molecule has 0 spiro atoms. The molecule has 2 aromatic carbocycles. The molecule has 3 heteroatoms. The summed E-state index contributed by atoms with van der Waals surface area (Å²) in [6.45, 7) is 5.25. The van der Waals surface area contributed by atoms with Gasteiger partial charge in [0.15, 0.2) is 0 Å². The van der Waals surface area contributed by atoms with Crippen LogP contribution in [0.5, 0.6) is 0 Å². The predicted octanol–water partition coefficient (Wildman–Crippen LogP) is 3.62. The van der Waals surface area contributed by atoms with E-state index in [4.69, 9.17) is 5.41 Å². The van der Waals surface area contributed by atoms with Gasteiger partial charge in [0, 0.05) is 16.8 Å². The van der Waals surface area contributed by atoms with Gasteiger partial charge in [-0.25, -0.2) is 0 Å². The summed E-state index contributed by atoms with van der Waals surface area (Å²) in [5.41, 5.74) is 3.30. The highest BCUT2D eigenvalue weighted by Gasteiger charge is 2.06. The summed E-state index contributed by atoms with van der Waals surface area (Å²) < 4.78 is 0. The molecule has 0 bridgehead atoms. The van der Waals surface area contributed by atoms with Crippen LogP contribution in [0.25, 0.3) is 0 Å².